The minimum absolute atomic E-state index is 0.198. The summed E-state index contributed by atoms with van der Waals surface area (Å²) < 4.78 is 2.43. The Morgan fingerprint density at radius 2 is 1.84 bits per heavy atom. The smallest absolute Gasteiger partial charge is 0.308 e. The molecule has 7 nitrogen and oxygen atoms in total. The summed E-state index contributed by atoms with van der Waals surface area (Å²) in [4.78, 5) is 20.0. The van der Waals surface area contributed by atoms with Gasteiger partial charge in [-0.1, -0.05) is 54.6 Å². The van der Waals surface area contributed by atoms with Gasteiger partial charge >= 0.3 is 6.03 Å². The maximum absolute atomic E-state index is 13.2. The molecule has 2 aromatic carbocycles. The topological polar surface area (TPSA) is 62.5 Å². The van der Waals surface area contributed by atoms with Crippen molar-refractivity contribution < 1.29 is 9.28 Å². The van der Waals surface area contributed by atoms with E-state index in [2.05, 4.69) is 58.6 Å². The van der Waals surface area contributed by atoms with Crippen LogP contribution in [0.25, 0.3) is 27.9 Å². The van der Waals surface area contributed by atoms with Gasteiger partial charge in [-0.3, -0.25) is 0 Å². The van der Waals surface area contributed by atoms with Crippen molar-refractivity contribution in [2.45, 2.75) is 38.6 Å². The van der Waals surface area contributed by atoms with Crippen LogP contribution in [0, 0.1) is 0 Å². The monoisotopic (exact) mass is 511 g/mol. The van der Waals surface area contributed by atoms with Crippen LogP contribution in [0.4, 0.5) is 4.79 Å². The molecule has 198 valence electrons. The van der Waals surface area contributed by atoms with Crippen LogP contribution in [0.1, 0.15) is 31.7 Å². The highest BCUT2D eigenvalue weighted by atomic mass is 16.2. The fourth-order valence-electron chi connectivity index (χ4n) is 5.69. The summed E-state index contributed by atoms with van der Waals surface area (Å²) in [5.74, 6) is 0. The highest BCUT2D eigenvalue weighted by Crippen LogP contribution is 2.29. The Balaban J connectivity index is 1.22. The lowest BCUT2D eigenvalue weighted by Gasteiger charge is -2.35. The second kappa shape index (κ2) is 11.5. The van der Waals surface area contributed by atoms with Gasteiger partial charge in [-0.05, 0) is 44.1 Å². The SMILES string of the molecule is C[C@@H]1CCC[N+]1(CCCc1ccc(-c2cnc3c(-c4ccccc4)cnn3c2)cc1)C(=O)NCCN(C)C. The number of urea groups is 1. The Hall–Kier alpha value is -3.55. The van der Waals surface area contributed by atoms with Crippen LogP contribution in [-0.2, 0) is 6.42 Å². The van der Waals surface area contributed by atoms with Gasteiger partial charge in [0.1, 0.15) is 0 Å². The molecule has 3 heterocycles. The molecule has 1 unspecified atom stereocenters. The number of quaternary nitrogens is 1. The number of aryl methyl sites for hydroxylation is 1. The van der Waals surface area contributed by atoms with Gasteiger partial charge in [0, 0.05) is 55.9 Å². The van der Waals surface area contributed by atoms with Gasteiger partial charge < -0.3 is 10.2 Å². The number of likely N-dealkylation sites (tertiary alicyclic amines) is 1. The molecule has 2 aromatic heterocycles. The van der Waals surface area contributed by atoms with E-state index >= 15 is 0 Å². The number of likely N-dealkylation sites (N-methyl/N-ethyl adjacent to an activating group) is 1. The van der Waals surface area contributed by atoms with Crippen LogP contribution in [0.5, 0.6) is 0 Å². The van der Waals surface area contributed by atoms with Gasteiger partial charge in [0.15, 0.2) is 5.65 Å². The van der Waals surface area contributed by atoms with Crippen molar-refractivity contribution in [3.05, 3.63) is 78.8 Å². The second-order valence-electron chi connectivity index (χ2n) is 10.8. The molecule has 1 aliphatic rings. The Bertz CT molecular complexity index is 1360. The molecule has 1 aliphatic heterocycles. The van der Waals surface area contributed by atoms with Gasteiger partial charge in [-0.2, -0.15) is 5.10 Å². The third kappa shape index (κ3) is 5.49. The first-order valence-electron chi connectivity index (χ1n) is 13.7. The number of carbonyl (C=O) groups excluding carboxylic acids is 1. The van der Waals surface area contributed by atoms with Crippen molar-refractivity contribution in [1.82, 2.24) is 24.8 Å². The standard InChI is InChI=1S/C31H38N6O/c1-24-9-7-19-37(24,31(38)32-17-18-35(2)3)20-8-10-25-13-15-26(16-14-25)28-21-33-30-29(22-34-36(30)23-28)27-11-5-4-6-12-27/h4-6,11-16,21-24H,7-10,17-20H2,1-3H3/p+1/t24-,37?/m1/s1. The van der Waals surface area contributed by atoms with E-state index < -0.39 is 0 Å². The summed E-state index contributed by atoms with van der Waals surface area (Å²) in [6.45, 7) is 5.64. The number of aromatic nitrogens is 3. The molecule has 1 fully saturated rings. The lowest BCUT2D eigenvalue weighted by atomic mass is 10.0. The van der Waals surface area contributed by atoms with Gasteiger partial charge in [0.2, 0.25) is 0 Å². The van der Waals surface area contributed by atoms with E-state index in [1.807, 2.05) is 55.4 Å². The Kier molecular flexibility index (Phi) is 7.86. The normalized spacial score (nSPS) is 19.3. The number of amides is 2. The molecule has 2 amide bonds. The van der Waals surface area contributed by atoms with Crippen LogP contribution in [-0.4, -0.2) is 76.3 Å². The minimum atomic E-state index is 0.198. The zero-order valence-electron chi connectivity index (χ0n) is 22.8. The molecule has 1 saturated heterocycles. The van der Waals surface area contributed by atoms with Crippen LogP contribution in [0.2, 0.25) is 0 Å². The summed E-state index contributed by atoms with van der Waals surface area (Å²) in [7, 11) is 4.07. The maximum Gasteiger partial charge on any atom is 0.416 e. The number of nitrogens with one attached hydrogen (secondary N) is 1. The molecule has 5 rings (SSSR count). The quantitative estimate of drug-likeness (QED) is 0.311. The number of carbonyl (C=O) groups is 1. The lowest BCUT2D eigenvalue weighted by Crippen LogP contribution is -2.60. The van der Waals surface area contributed by atoms with Crippen molar-refractivity contribution in [2.24, 2.45) is 0 Å². The van der Waals surface area contributed by atoms with Crippen LogP contribution in [0.15, 0.2) is 73.2 Å². The number of fused-ring (bicyclic) bond motifs is 1. The largest absolute Gasteiger partial charge is 0.416 e. The zero-order chi connectivity index (χ0) is 26.5. The number of benzene rings is 2. The average Bonchev–Trinajstić information content (AvgIpc) is 3.53. The number of hydrogen-bond acceptors (Lipinski definition) is 4. The second-order valence-corrected chi connectivity index (χ2v) is 10.8. The fraction of sp³-hybridized carbons (Fsp3) is 0.387. The molecule has 2 atom stereocenters. The van der Waals surface area contributed by atoms with Gasteiger partial charge in [-0.25, -0.2) is 18.8 Å². The van der Waals surface area contributed by atoms with E-state index in [0.29, 0.717) is 17.1 Å². The molecule has 0 spiro atoms. The summed E-state index contributed by atoms with van der Waals surface area (Å²) in [6, 6.07) is 19.5. The van der Waals surface area contributed by atoms with Crippen molar-refractivity contribution in [2.75, 3.05) is 40.3 Å². The average molecular weight is 512 g/mol. The molecule has 0 radical (unpaired) electrons. The highest BCUT2D eigenvalue weighted by Gasteiger charge is 2.45. The Labute approximate surface area is 225 Å². The van der Waals surface area contributed by atoms with Gasteiger partial charge in [-0.15, -0.1) is 0 Å². The molecular formula is C31H39N6O+. The highest BCUT2D eigenvalue weighted by molar-refractivity contribution is 5.77. The van der Waals surface area contributed by atoms with E-state index in [1.165, 1.54) is 5.56 Å². The molecule has 0 aliphatic carbocycles. The zero-order valence-corrected chi connectivity index (χ0v) is 22.8. The molecule has 38 heavy (non-hydrogen) atoms. The number of hydrogen-bond donors (Lipinski definition) is 1. The Morgan fingerprint density at radius 1 is 1.05 bits per heavy atom. The predicted molar refractivity (Wildman–Crippen MR) is 153 cm³/mol. The summed E-state index contributed by atoms with van der Waals surface area (Å²) >= 11 is 0. The minimum Gasteiger partial charge on any atom is -0.308 e. The van der Waals surface area contributed by atoms with E-state index in [1.54, 1.807) is 0 Å². The molecule has 0 saturated carbocycles. The predicted octanol–water partition coefficient (Wildman–Crippen LogP) is 5.27. The van der Waals surface area contributed by atoms with Crippen molar-refractivity contribution in [3.8, 4) is 22.3 Å². The van der Waals surface area contributed by atoms with E-state index in [0.717, 1.165) is 73.2 Å². The van der Waals surface area contributed by atoms with Gasteiger partial charge in [0.05, 0.1) is 25.3 Å². The number of rotatable bonds is 9. The van der Waals surface area contributed by atoms with Crippen molar-refractivity contribution in [1.29, 1.82) is 0 Å². The summed E-state index contributed by atoms with van der Waals surface area (Å²) in [5, 5.41) is 7.75. The van der Waals surface area contributed by atoms with Crippen LogP contribution in [0.3, 0.4) is 0 Å². The van der Waals surface area contributed by atoms with Gasteiger partial charge in [0.25, 0.3) is 0 Å². The van der Waals surface area contributed by atoms with Crippen LogP contribution >= 0.6 is 0 Å². The molecule has 0 bridgehead atoms. The van der Waals surface area contributed by atoms with Crippen LogP contribution < -0.4 is 5.32 Å². The van der Waals surface area contributed by atoms with Crippen molar-refractivity contribution in [3.63, 3.8) is 0 Å². The summed E-state index contributed by atoms with van der Waals surface area (Å²) in [6.07, 6.45) is 10.1. The van der Waals surface area contributed by atoms with Crippen molar-refractivity contribution >= 4 is 11.7 Å². The number of nitrogens with zero attached hydrogens (tertiary/aromatic N) is 5. The van der Waals surface area contributed by atoms with E-state index in [4.69, 9.17) is 4.98 Å². The fourth-order valence-corrected chi connectivity index (χ4v) is 5.69. The lowest BCUT2D eigenvalue weighted by molar-refractivity contribution is -0.861. The molecule has 4 aromatic rings. The third-order valence-electron chi connectivity index (χ3n) is 8.01. The third-order valence-corrected chi connectivity index (χ3v) is 8.01. The first-order valence-corrected chi connectivity index (χ1v) is 13.7. The molecule has 7 heteroatoms. The Morgan fingerprint density at radius 3 is 2.55 bits per heavy atom. The first-order chi connectivity index (χ1) is 18.5. The molecule has 1 N–H and O–H groups in total. The van der Waals surface area contributed by atoms with E-state index in [9.17, 15) is 4.79 Å². The molecular weight excluding hydrogens is 472 g/mol. The first kappa shape index (κ1) is 26.1. The maximum atomic E-state index is 13.2. The van der Waals surface area contributed by atoms with E-state index in [-0.39, 0.29) is 6.03 Å². The summed E-state index contributed by atoms with van der Waals surface area (Å²) in [5.41, 5.74) is 6.47.